The zero-order chi connectivity index (χ0) is 14.2. The first-order valence-electron chi connectivity index (χ1n) is 7.40. The Morgan fingerprint density at radius 1 is 1.25 bits per heavy atom. The predicted octanol–water partition coefficient (Wildman–Crippen LogP) is 2.36. The van der Waals surface area contributed by atoms with Gasteiger partial charge >= 0.3 is 0 Å². The molecule has 1 heterocycles. The van der Waals surface area contributed by atoms with E-state index >= 15 is 0 Å². The minimum Gasteiger partial charge on any atom is -0.314 e. The van der Waals surface area contributed by atoms with Gasteiger partial charge in [-0.15, -0.1) is 5.10 Å². The van der Waals surface area contributed by atoms with Gasteiger partial charge in [0.2, 0.25) is 0 Å². The fourth-order valence-electron chi connectivity index (χ4n) is 2.35. The Hall–Kier alpha value is -1.68. The summed E-state index contributed by atoms with van der Waals surface area (Å²) in [6.07, 6.45) is 6.33. The number of hydrogen-bond donors (Lipinski definition) is 1. The van der Waals surface area contributed by atoms with Crippen LogP contribution in [0.5, 0.6) is 0 Å². The van der Waals surface area contributed by atoms with Crippen LogP contribution in [0, 0.1) is 0 Å². The van der Waals surface area contributed by atoms with Crippen molar-refractivity contribution in [3.05, 3.63) is 47.8 Å². The van der Waals surface area contributed by atoms with Crippen LogP contribution in [0.4, 0.5) is 0 Å². The van der Waals surface area contributed by atoms with Crippen molar-refractivity contribution in [2.75, 3.05) is 6.54 Å². The summed E-state index contributed by atoms with van der Waals surface area (Å²) in [5.41, 5.74) is 2.46. The molecule has 0 amide bonds. The molecule has 0 radical (unpaired) electrons. The largest absolute Gasteiger partial charge is 0.314 e. The number of benzene rings is 1. The molecule has 2 rings (SSSR count). The van der Waals surface area contributed by atoms with E-state index in [2.05, 4.69) is 52.9 Å². The maximum absolute atomic E-state index is 4.19. The monoisotopic (exact) mass is 272 g/mol. The molecule has 2 aromatic rings. The summed E-state index contributed by atoms with van der Waals surface area (Å²) in [5.74, 6) is 0. The maximum atomic E-state index is 4.19. The van der Waals surface area contributed by atoms with Crippen molar-refractivity contribution >= 4 is 0 Å². The molecular formula is C16H24N4. The van der Waals surface area contributed by atoms with Crippen LogP contribution in [-0.2, 0) is 19.9 Å². The lowest BCUT2D eigenvalue weighted by molar-refractivity contribution is 0.473. The highest BCUT2D eigenvalue weighted by atomic mass is 15.4. The van der Waals surface area contributed by atoms with Crippen molar-refractivity contribution in [3.63, 3.8) is 0 Å². The summed E-state index contributed by atoms with van der Waals surface area (Å²) in [6.45, 7) is 3.25. The molecule has 0 aliphatic rings. The van der Waals surface area contributed by atoms with Gasteiger partial charge in [-0.05, 0) is 31.4 Å². The van der Waals surface area contributed by atoms with Gasteiger partial charge in [-0.2, -0.15) is 0 Å². The fourth-order valence-corrected chi connectivity index (χ4v) is 2.35. The Morgan fingerprint density at radius 2 is 2.05 bits per heavy atom. The van der Waals surface area contributed by atoms with Gasteiger partial charge in [-0.1, -0.05) is 42.5 Å². The minimum atomic E-state index is 0.465. The molecule has 1 unspecified atom stereocenters. The van der Waals surface area contributed by atoms with E-state index in [1.807, 2.05) is 13.2 Å². The summed E-state index contributed by atoms with van der Waals surface area (Å²) in [5, 5.41) is 11.8. The van der Waals surface area contributed by atoms with Crippen molar-refractivity contribution < 1.29 is 0 Å². The molecule has 4 nitrogen and oxygen atoms in total. The van der Waals surface area contributed by atoms with Crippen molar-refractivity contribution in [1.29, 1.82) is 0 Å². The van der Waals surface area contributed by atoms with Gasteiger partial charge in [0.25, 0.3) is 0 Å². The third-order valence-electron chi connectivity index (χ3n) is 3.41. The summed E-state index contributed by atoms with van der Waals surface area (Å²) < 4.78 is 1.77. The van der Waals surface area contributed by atoms with Crippen LogP contribution in [0.3, 0.4) is 0 Å². The summed E-state index contributed by atoms with van der Waals surface area (Å²) in [6, 6.07) is 11.1. The van der Waals surface area contributed by atoms with E-state index in [0.717, 1.165) is 37.9 Å². The van der Waals surface area contributed by atoms with Crippen molar-refractivity contribution in [2.24, 2.45) is 7.05 Å². The van der Waals surface area contributed by atoms with E-state index in [1.54, 1.807) is 4.68 Å². The topological polar surface area (TPSA) is 42.7 Å². The maximum Gasteiger partial charge on any atom is 0.0842 e. The van der Waals surface area contributed by atoms with Gasteiger partial charge in [-0.3, -0.25) is 4.68 Å². The Morgan fingerprint density at radius 3 is 2.70 bits per heavy atom. The van der Waals surface area contributed by atoms with E-state index in [1.165, 1.54) is 5.56 Å². The molecule has 1 aromatic carbocycles. The molecule has 1 atom stereocenters. The number of aryl methyl sites for hydroxylation is 2. The zero-order valence-corrected chi connectivity index (χ0v) is 12.4. The molecule has 1 aromatic heterocycles. The van der Waals surface area contributed by atoms with Crippen molar-refractivity contribution in [1.82, 2.24) is 20.3 Å². The lowest BCUT2D eigenvalue weighted by atomic mass is 10.0. The second-order valence-electron chi connectivity index (χ2n) is 5.26. The molecule has 1 N–H and O–H groups in total. The second kappa shape index (κ2) is 7.80. The number of nitrogens with zero attached hydrogens (tertiary/aromatic N) is 3. The highest BCUT2D eigenvalue weighted by molar-refractivity contribution is 5.15. The first-order valence-corrected chi connectivity index (χ1v) is 7.40. The quantitative estimate of drug-likeness (QED) is 0.802. The molecule has 0 aliphatic carbocycles. The van der Waals surface area contributed by atoms with Crippen molar-refractivity contribution in [3.8, 4) is 0 Å². The Kier molecular flexibility index (Phi) is 5.74. The SMILES string of the molecule is CCCNC(CCc1ccccc1)Cc1cn(C)nn1. The van der Waals surface area contributed by atoms with E-state index in [4.69, 9.17) is 0 Å². The summed E-state index contributed by atoms with van der Waals surface area (Å²) in [7, 11) is 1.91. The first-order chi connectivity index (χ1) is 9.78. The van der Waals surface area contributed by atoms with Crippen LogP contribution in [0.25, 0.3) is 0 Å². The van der Waals surface area contributed by atoms with Gasteiger partial charge in [0, 0.05) is 25.7 Å². The highest BCUT2D eigenvalue weighted by Crippen LogP contribution is 2.08. The molecule has 0 saturated carbocycles. The molecule has 20 heavy (non-hydrogen) atoms. The average Bonchev–Trinajstić information content (AvgIpc) is 2.88. The second-order valence-corrected chi connectivity index (χ2v) is 5.26. The van der Waals surface area contributed by atoms with Crippen LogP contribution in [-0.4, -0.2) is 27.6 Å². The molecule has 0 bridgehead atoms. The number of nitrogens with one attached hydrogen (secondary N) is 1. The van der Waals surface area contributed by atoms with E-state index in [9.17, 15) is 0 Å². The number of aromatic nitrogens is 3. The third kappa shape index (κ3) is 4.78. The molecular weight excluding hydrogens is 248 g/mol. The van der Waals surface area contributed by atoms with Gasteiger partial charge in [0.05, 0.1) is 5.69 Å². The van der Waals surface area contributed by atoms with Gasteiger partial charge in [0.15, 0.2) is 0 Å². The smallest absolute Gasteiger partial charge is 0.0842 e. The third-order valence-corrected chi connectivity index (χ3v) is 3.41. The normalized spacial score (nSPS) is 12.5. The molecule has 0 spiro atoms. The van der Waals surface area contributed by atoms with Crippen LogP contribution in [0.2, 0.25) is 0 Å². The van der Waals surface area contributed by atoms with Crippen LogP contribution in [0.1, 0.15) is 31.0 Å². The van der Waals surface area contributed by atoms with Gasteiger partial charge < -0.3 is 5.32 Å². The first kappa shape index (κ1) is 14.7. The van der Waals surface area contributed by atoms with Crippen molar-refractivity contribution in [2.45, 2.75) is 38.6 Å². The van der Waals surface area contributed by atoms with Crippen LogP contribution >= 0.6 is 0 Å². The Balaban J connectivity index is 1.89. The lowest BCUT2D eigenvalue weighted by Crippen LogP contribution is -2.32. The van der Waals surface area contributed by atoms with E-state index in [0.29, 0.717) is 6.04 Å². The number of rotatable bonds is 8. The van der Waals surface area contributed by atoms with E-state index < -0.39 is 0 Å². The van der Waals surface area contributed by atoms with Gasteiger partial charge in [-0.25, -0.2) is 0 Å². The lowest BCUT2D eigenvalue weighted by Gasteiger charge is -2.17. The Labute approximate surface area is 121 Å². The molecule has 0 aliphatic heterocycles. The fraction of sp³-hybridized carbons (Fsp3) is 0.500. The molecule has 0 fully saturated rings. The van der Waals surface area contributed by atoms with Crippen LogP contribution in [0.15, 0.2) is 36.5 Å². The average molecular weight is 272 g/mol. The highest BCUT2D eigenvalue weighted by Gasteiger charge is 2.11. The Bertz CT molecular complexity index is 492. The number of hydrogen-bond acceptors (Lipinski definition) is 3. The van der Waals surface area contributed by atoms with Crippen LogP contribution < -0.4 is 5.32 Å². The van der Waals surface area contributed by atoms with E-state index in [-0.39, 0.29) is 0 Å². The molecule has 4 heteroatoms. The minimum absolute atomic E-state index is 0.465. The predicted molar refractivity (Wildman–Crippen MR) is 81.6 cm³/mol. The summed E-state index contributed by atoms with van der Waals surface area (Å²) in [4.78, 5) is 0. The van der Waals surface area contributed by atoms with Gasteiger partial charge in [0.1, 0.15) is 0 Å². The standard InChI is InChI=1S/C16H24N4/c1-3-11-17-15(12-16-13-20(2)19-18-16)10-9-14-7-5-4-6-8-14/h4-8,13,15,17H,3,9-12H2,1-2H3. The molecule has 0 saturated heterocycles. The summed E-state index contributed by atoms with van der Waals surface area (Å²) >= 11 is 0. The molecule has 108 valence electrons. The zero-order valence-electron chi connectivity index (χ0n) is 12.4.